The van der Waals surface area contributed by atoms with E-state index < -0.39 is 0 Å². The number of aromatic nitrogens is 6. The lowest BCUT2D eigenvalue weighted by molar-refractivity contribution is 0.102. The van der Waals surface area contributed by atoms with Gasteiger partial charge in [-0.15, -0.1) is 0 Å². The Morgan fingerprint density at radius 3 is 2.75 bits per heavy atom. The molecule has 0 radical (unpaired) electrons. The summed E-state index contributed by atoms with van der Waals surface area (Å²) in [5.41, 5.74) is 4.09. The van der Waals surface area contributed by atoms with Gasteiger partial charge in [0.25, 0.3) is 5.91 Å². The van der Waals surface area contributed by atoms with Crippen molar-refractivity contribution in [1.29, 1.82) is 0 Å². The molecule has 164 valence electrons. The predicted molar refractivity (Wildman–Crippen MR) is 122 cm³/mol. The highest BCUT2D eigenvalue weighted by atomic mass is 16.1. The van der Waals surface area contributed by atoms with Gasteiger partial charge in [0, 0.05) is 24.8 Å². The number of carbonyl (C=O) groups is 1. The number of anilines is 1. The van der Waals surface area contributed by atoms with Gasteiger partial charge in [-0.3, -0.25) is 14.5 Å². The average molecular weight is 430 g/mol. The first-order valence-corrected chi connectivity index (χ1v) is 11.2. The maximum Gasteiger partial charge on any atom is 0.261 e. The molecule has 0 saturated heterocycles. The third-order valence-corrected chi connectivity index (χ3v) is 6.43. The standard InChI is InChI=1S/C24H27N7O/c1-3-17-6-8-18(9-7-17)31-15-21(22(29-31)20-10-5-16(2)13-26-20)28-24(32)19-14-27-30-12-4-11-25-23(19)30/h4-5,10-15,17-18H,3,6-9H2,1-2H3,(H,28,32). The summed E-state index contributed by atoms with van der Waals surface area (Å²) >= 11 is 0. The van der Waals surface area contributed by atoms with E-state index in [0.29, 0.717) is 28.6 Å². The smallest absolute Gasteiger partial charge is 0.261 e. The molecule has 0 atom stereocenters. The third kappa shape index (κ3) is 3.88. The second-order valence-electron chi connectivity index (χ2n) is 8.58. The molecule has 0 bridgehead atoms. The Bertz CT molecular complexity index is 1230. The maximum absolute atomic E-state index is 13.1. The van der Waals surface area contributed by atoms with Crippen LogP contribution >= 0.6 is 0 Å². The van der Waals surface area contributed by atoms with Crippen LogP contribution in [0.2, 0.25) is 0 Å². The fourth-order valence-electron chi connectivity index (χ4n) is 4.46. The summed E-state index contributed by atoms with van der Waals surface area (Å²) in [6.45, 7) is 4.27. The van der Waals surface area contributed by atoms with Gasteiger partial charge in [-0.1, -0.05) is 19.4 Å². The van der Waals surface area contributed by atoms with Gasteiger partial charge in [-0.05, 0) is 56.2 Å². The van der Waals surface area contributed by atoms with E-state index in [-0.39, 0.29) is 5.91 Å². The fourth-order valence-corrected chi connectivity index (χ4v) is 4.46. The van der Waals surface area contributed by atoms with Gasteiger partial charge in [0.15, 0.2) is 5.65 Å². The Hall–Kier alpha value is -3.55. The molecule has 0 aliphatic heterocycles. The van der Waals surface area contributed by atoms with Gasteiger partial charge >= 0.3 is 0 Å². The molecule has 1 aliphatic carbocycles. The lowest BCUT2D eigenvalue weighted by Gasteiger charge is -2.27. The Balaban J connectivity index is 1.47. The summed E-state index contributed by atoms with van der Waals surface area (Å²) in [5, 5.41) is 12.2. The molecule has 1 saturated carbocycles. The van der Waals surface area contributed by atoms with Crippen molar-refractivity contribution < 1.29 is 4.79 Å². The van der Waals surface area contributed by atoms with Crippen molar-refractivity contribution in [2.45, 2.75) is 52.0 Å². The van der Waals surface area contributed by atoms with Gasteiger partial charge < -0.3 is 5.32 Å². The SMILES string of the molecule is CCC1CCC(n2cc(NC(=O)c3cnn4cccnc34)c(-c3ccc(C)cn3)n2)CC1. The van der Waals surface area contributed by atoms with Crippen LogP contribution in [0.25, 0.3) is 17.0 Å². The number of hydrogen-bond donors (Lipinski definition) is 1. The minimum absolute atomic E-state index is 0.263. The summed E-state index contributed by atoms with van der Waals surface area (Å²) in [6.07, 6.45) is 14.6. The van der Waals surface area contributed by atoms with Crippen molar-refractivity contribution in [3.63, 3.8) is 0 Å². The number of nitrogens with zero attached hydrogens (tertiary/aromatic N) is 6. The van der Waals surface area contributed by atoms with Crippen molar-refractivity contribution in [2.75, 3.05) is 5.32 Å². The Morgan fingerprint density at radius 1 is 1.16 bits per heavy atom. The van der Waals surface area contributed by atoms with Crippen LogP contribution in [0, 0.1) is 12.8 Å². The Labute approximate surface area is 186 Å². The van der Waals surface area contributed by atoms with E-state index in [1.807, 2.05) is 36.1 Å². The molecule has 32 heavy (non-hydrogen) atoms. The molecule has 4 heterocycles. The van der Waals surface area contributed by atoms with Gasteiger partial charge in [0.05, 0.1) is 23.6 Å². The van der Waals surface area contributed by atoms with Crippen LogP contribution in [0.1, 0.15) is 61.0 Å². The predicted octanol–water partition coefficient (Wildman–Crippen LogP) is 4.69. The Kier molecular flexibility index (Phi) is 5.43. The summed E-state index contributed by atoms with van der Waals surface area (Å²) in [5.74, 6) is 0.545. The molecule has 1 fully saturated rings. The number of carbonyl (C=O) groups excluding carboxylic acids is 1. The van der Waals surface area contributed by atoms with Gasteiger partial charge in [0.1, 0.15) is 11.3 Å². The molecule has 1 aliphatic rings. The lowest BCUT2D eigenvalue weighted by Crippen LogP contribution is -2.18. The van der Waals surface area contributed by atoms with Crippen LogP contribution in [0.5, 0.6) is 0 Å². The highest BCUT2D eigenvalue weighted by molar-refractivity contribution is 6.09. The van der Waals surface area contributed by atoms with Crippen molar-refractivity contribution in [2.24, 2.45) is 5.92 Å². The highest BCUT2D eigenvalue weighted by Gasteiger charge is 2.25. The average Bonchev–Trinajstić information content (AvgIpc) is 3.44. The first-order valence-electron chi connectivity index (χ1n) is 11.2. The van der Waals surface area contributed by atoms with Crippen molar-refractivity contribution in [1.82, 2.24) is 29.4 Å². The molecule has 4 aromatic rings. The zero-order chi connectivity index (χ0) is 22.1. The maximum atomic E-state index is 13.1. The molecular formula is C24H27N7O. The molecule has 5 rings (SSSR count). The van der Waals surface area contributed by atoms with Crippen LogP contribution in [0.15, 0.2) is 49.2 Å². The number of rotatable bonds is 5. The van der Waals surface area contributed by atoms with Gasteiger partial charge in [-0.25, -0.2) is 9.50 Å². The van der Waals surface area contributed by atoms with Crippen LogP contribution in [-0.2, 0) is 0 Å². The third-order valence-electron chi connectivity index (χ3n) is 6.43. The number of amides is 1. The van der Waals surface area contributed by atoms with Gasteiger partial charge in [-0.2, -0.15) is 10.2 Å². The van der Waals surface area contributed by atoms with E-state index >= 15 is 0 Å². The second-order valence-corrected chi connectivity index (χ2v) is 8.58. The zero-order valence-electron chi connectivity index (χ0n) is 18.4. The summed E-state index contributed by atoms with van der Waals surface area (Å²) in [7, 11) is 0. The molecule has 0 unspecified atom stereocenters. The topological polar surface area (TPSA) is 90.0 Å². The minimum atomic E-state index is -0.263. The zero-order valence-corrected chi connectivity index (χ0v) is 18.4. The molecule has 8 heteroatoms. The first kappa shape index (κ1) is 20.4. The first-order chi connectivity index (χ1) is 15.6. The molecule has 8 nitrogen and oxygen atoms in total. The monoisotopic (exact) mass is 429 g/mol. The van der Waals surface area contributed by atoms with Gasteiger partial charge in [0.2, 0.25) is 0 Å². The van der Waals surface area contributed by atoms with E-state index in [4.69, 9.17) is 5.10 Å². The number of fused-ring (bicyclic) bond motifs is 1. The van der Waals surface area contributed by atoms with E-state index in [0.717, 1.165) is 30.0 Å². The Morgan fingerprint density at radius 2 is 2.00 bits per heavy atom. The van der Waals surface area contributed by atoms with E-state index in [1.54, 1.807) is 23.0 Å². The van der Waals surface area contributed by atoms with Crippen LogP contribution in [-0.4, -0.2) is 35.3 Å². The van der Waals surface area contributed by atoms with Crippen LogP contribution < -0.4 is 5.32 Å². The molecular weight excluding hydrogens is 402 g/mol. The minimum Gasteiger partial charge on any atom is -0.319 e. The molecule has 4 aromatic heterocycles. The van der Waals surface area contributed by atoms with Crippen LogP contribution in [0.4, 0.5) is 5.69 Å². The summed E-state index contributed by atoms with van der Waals surface area (Å²) in [6, 6.07) is 6.07. The normalized spacial score (nSPS) is 18.7. The molecule has 1 amide bonds. The van der Waals surface area contributed by atoms with Crippen molar-refractivity contribution in [3.05, 3.63) is 60.3 Å². The van der Waals surface area contributed by atoms with E-state index in [1.165, 1.54) is 25.5 Å². The second kappa shape index (κ2) is 8.53. The lowest BCUT2D eigenvalue weighted by atomic mass is 9.85. The summed E-state index contributed by atoms with van der Waals surface area (Å²) in [4.78, 5) is 22.0. The van der Waals surface area contributed by atoms with E-state index in [9.17, 15) is 4.79 Å². The van der Waals surface area contributed by atoms with Crippen molar-refractivity contribution in [3.8, 4) is 11.4 Å². The van der Waals surface area contributed by atoms with Crippen molar-refractivity contribution >= 4 is 17.2 Å². The summed E-state index contributed by atoms with van der Waals surface area (Å²) < 4.78 is 3.61. The largest absolute Gasteiger partial charge is 0.319 e. The number of pyridine rings is 1. The molecule has 0 aromatic carbocycles. The number of hydrogen-bond acceptors (Lipinski definition) is 5. The number of nitrogens with one attached hydrogen (secondary N) is 1. The van der Waals surface area contributed by atoms with E-state index in [2.05, 4.69) is 27.3 Å². The number of aryl methyl sites for hydroxylation is 1. The molecule has 0 spiro atoms. The molecule has 1 N–H and O–H groups in total. The fraction of sp³-hybridized carbons (Fsp3) is 0.375. The highest BCUT2D eigenvalue weighted by Crippen LogP contribution is 2.36. The van der Waals surface area contributed by atoms with Crippen LogP contribution in [0.3, 0.4) is 0 Å². The quantitative estimate of drug-likeness (QED) is 0.497.